The molecule has 0 amide bonds. The van der Waals surface area contributed by atoms with Crippen molar-refractivity contribution in [3.63, 3.8) is 0 Å². The first kappa shape index (κ1) is 9.62. The van der Waals surface area contributed by atoms with Gasteiger partial charge in [-0.15, -0.1) is 0 Å². The standard InChI is InChI=1S/C10H11ClO3/c1-6(12)7-4-9-10(5-8(7)11)14-3-2-13-9/h4-6,12H,2-3H2,1H3/t6-/m1/s1. The minimum Gasteiger partial charge on any atom is -0.486 e. The van der Waals surface area contributed by atoms with Gasteiger partial charge in [0.05, 0.1) is 11.1 Å². The zero-order valence-electron chi connectivity index (χ0n) is 7.79. The molecule has 1 aromatic rings. The van der Waals surface area contributed by atoms with Crippen molar-refractivity contribution < 1.29 is 14.6 Å². The number of aliphatic hydroxyl groups is 1. The fourth-order valence-electron chi connectivity index (χ4n) is 1.40. The van der Waals surface area contributed by atoms with Crippen LogP contribution in [0.4, 0.5) is 0 Å². The highest BCUT2D eigenvalue weighted by Crippen LogP contribution is 2.37. The Hall–Kier alpha value is -0.930. The van der Waals surface area contributed by atoms with Crippen LogP contribution in [0.2, 0.25) is 5.02 Å². The van der Waals surface area contributed by atoms with Gasteiger partial charge in [-0.2, -0.15) is 0 Å². The van der Waals surface area contributed by atoms with Crippen molar-refractivity contribution in [3.8, 4) is 11.5 Å². The van der Waals surface area contributed by atoms with E-state index in [1.807, 2.05) is 0 Å². The third kappa shape index (κ3) is 1.65. The Balaban J connectivity index is 2.45. The number of rotatable bonds is 1. The van der Waals surface area contributed by atoms with Crippen molar-refractivity contribution >= 4 is 11.6 Å². The molecule has 1 aliphatic heterocycles. The minimum absolute atomic E-state index is 0.504. The van der Waals surface area contributed by atoms with E-state index in [0.29, 0.717) is 35.3 Å². The lowest BCUT2D eigenvalue weighted by molar-refractivity contribution is 0.168. The van der Waals surface area contributed by atoms with E-state index in [9.17, 15) is 5.11 Å². The van der Waals surface area contributed by atoms with Gasteiger partial charge in [0.25, 0.3) is 0 Å². The Morgan fingerprint density at radius 3 is 2.43 bits per heavy atom. The van der Waals surface area contributed by atoms with Gasteiger partial charge in [-0.05, 0) is 13.0 Å². The van der Waals surface area contributed by atoms with Crippen LogP contribution in [-0.2, 0) is 0 Å². The summed E-state index contributed by atoms with van der Waals surface area (Å²) in [7, 11) is 0. The predicted molar refractivity (Wildman–Crippen MR) is 53.1 cm³/mol. The highest BCUT2D eigenvalue weighted by molar-refractivity contribution is 6.31. The molecule has 0 fully saturated rings. The maximum atomic E-state index is 9.43. The molecule has 0 unspecified atom stereocenters. The molecule has 14 heavy (non-hydrogen) atoms. The largest absolute Gasteiger partial charge is 0.486 e. The number of hydrogen-bond donors (Lipinski definition) is 1. The maximum absolute atomic E-state index is 9.43. The molecule has 1 N–H and O–H groups in total. The van der Waals surface area contributed by atoms with Crippen molar-refractivity contribution in [2.45, 2.75) is 13.0 Å². The molecule has 0 aliphatic carbocycles. The Labute approximate surface area is 87.2 Å². The molecule has 76 valence electrons. The van der Waals surface area contributed by atoms with Gasteiger partial charge in [-0.1, -0.05) is 11.6 Å². The lowest BCUT2D eigenvalue weighted by Gasteiger charge is -2.20. The number of halogens is 1. The summed E-state index contributed by atoms with van der Waals surface area (Å²) in [5.41, 5.74) is 0.663. The topological polar surface area (TPSA) is 38.7 Å². The molecule has 1 aromatic carbocycles. The smallest absolute Gasteiger partial charge is 0.162 e. The van der Waals surface area contributed by atoms with Crippen LogP contribution in [0.3, 0.4) is 0 Å². The average Bonchev–Trinajstić information content (AvgIpc) is 2.16. The molecule has 3 nitrogen and oxygen atoms in total. The normalized spacial score (nSPS) is 16.5. The summed E-state index contributed by atoms with van der Waals surface area (Å²) in [6.07, 6.45) is -0.599. The van der Waals surface area contributed by atoms with Gasteiger partial charge in [-0.25, -0.2) is 0 Å². The van der Waals surface area contributed by atoms with E-state index in [1.165, 1.54) is 0 Å². The first-order valence-corrected chi connectivity index (χ1v) is 4.83. The van der Waals surface area contributed by atoms with Gasteiger partial charge in [0.15, 0.2) is 11.5 Å². The number of benzene rings is 1. The van der Waals surface area contributed by atoms with E-state index in [1.54, 1.807) is 19.1 Å². The quantitative estimate of drug-likeness (QED) is 0.779. The molecule has 0 bridgehead atoms. The zero-order chi connectivity index (χ0) is 10.1. The van der Waals surface area contributed by atoms with E-state index in [4.69, 9.17) is 21.1 Å². The fourth-order valence-corrected chi connectivity index (χ4v) is 1.71. The first-order valence-electron chi connectivity index (χ1n) is 4.45. The molecule has 0 aromatic heterocycles. The summed E-state index contributed by atoms with van der Waals surface area (Å²) in [4.78, 5) is 0. The van der Waals surface area contributed by atoms with Crippen LogP contribution in [0.15, 0.2) is 12.1 Å². The lowest BCUT2D eigenvalue weighted by Crippen LogP contribution is -2.15. The number of ether oxygens (including phenoxy) is 2. The summed E-state index contributed by atoms with van der Waals surface area (Å²) in [5.74, 6) is 1.29. The summed E-state index contributed by atoms with van der Waals surface area (Å²) in [6.45, 7) is 2.74. The van der Waals surface area contributed by atoms with Crippen LogP contribution >= 0.6 is 11.6 Å². The molecule has 4 heteroatoms. The van der Waals surface area contributed by atoms with Crippen molar-refractivity contribution in [1.82, 2.24) is 0 Å². The second-order valence-corrected chi connectivity index (χ2v) is 3.60. The molecule has 0 saturated heterocycles. The van der Waals surface area contributed by atoms with Gasteiger partial charge in [-0.3, -0.25) is 0 Å². The number of aliphatic hydroxyl groups excluding tert-OH is 1. The summed E-state index contributed by atoms with van der Waals surface area (Å²) >= 11 is 5.96. The van der Waals surface area contributed by atoms with Crippen molar-refractivity contribution in [2.75, 3.05) is 13.2 Å². The van der Waals surface area contributed by atoms with Crippen LogP contribution in [0.1, 0.15) is 18.6 Å². The lowest BCUT2D eigenvalue weighted by atomic mass is 10.1. The van der Waals surface area contributed by atoms with Gasteiger partial charge >= 0.3 is 0 Å². The van der Waals surface area contributed by atoms with Crippen molar-refractivity contribution in [2.24, 2.45) is 0 Å². The summed E-state index contributed by atoms with van der Waals surface area (Å²) in [6, 6.07) is 3.40. The molecule has 0 radical (unpaired) electrons. The van der Waals surface area contributed by atoms with Gasteiger partial charge in [0, 0.05) is 11.6 Å². The van der Waals surface area contributed by atoms with Gasteiger partial charge in [0.1, 0.15) is 13.2 Å². The molecule has 0 spiro atoms. The van der Waals surface area contributed by atoms with E-state index < -0.39 is 6.10 Å². The van der Waals surface area contributed by atoms with E-state index >= 15 is 0 Å². The zero-order valence-corrected chi connectivity index (χ0v) is 8.54. The van der Waals surface area contributed by atoms with E-state index in [2.05, 4.69) is 0 Å². The molecule has 0 saturated carbocycles. The third-order valence-corrected chi connectivity index (χ3v) is 2.44. The number of hydrogen-bond acceptors (Lipinski definition) is 3. The van der Waals surface area contributed by atoms with Crippen LogP contribution in [0.5, 0.6) is 11.5 Å². The highest BCUT2D eigenvalue weighted by Gasteiger charge is 2.16. The predicted octanol–water partition coefficient (Wildman–Crippen LogP) is 2.16. The van der Waals surface area contributed by atoms with Crippen LogP contribution in [-0.4, -0.2) is 18.3 Å². The van der Waals surface area contributed by atoms with E-state index in [0.717, 1.165) is 0 Å². The van der Waals surface area contributed by atoms with Gasteiger partial charge in [0.2, 0.25) is 0 Å². The van der Waals surface area contributed by atoms with Crippen LogP contribution < -0.4 is 9.47 Å². The monoisotopic (exact) mass is 214 g/mol. The second-order valence-electron chi connectivity index (χ2n) is 3.19. The van der Waals surface area contributed by atoms with Crippen molar-refractivity contribution in [1.29, 1.82) is 0 Å². The van der Waals surface area contributed by atoms with Crippen LogP contribution in [0.25, 0.3) is 0 Å². The fraction of sp³-hybridized carbons (Fsp3) is 0.400. The summed E-state index contributed by atoms with van der Waals surface area (Å²) in [5, 5.41) is 9.93. The van der Waals surface area contributed by atoms with Crippen molar-refractivity contribution in [3.05, 3.63) is 22.7 Å². The SMILES string of the molecule is C[C@@H](O)c1cc2c(cc1Cl)OCCO2. The molecule has 1 aliphatic rings. The Kier molecular flexibility index (Phi) is 2.52. The first-order chi connectivity index (χ1) is 6.68. The Morgan fingerprint density at radius 2 is 1.86 bits per heavy atom. The second kappa shape index (κ2) is 3.67. The molecular formula is C10H11ClO3. The summed E-state index contributed by atoms with van der Waals surface area (Å²) < 4.78 is 10.7. The molecule has 1 heterocycles. The Bertz CT molecular complexity index is 349. The van der Waals surface area contributed by atoms with E-state index in [-0.39, 0.29) is 0 Å². The molecular weight excluding hydrogens is 204 g/mol. The molecule has 2 rings (SSSR count). The average molecular weight is 215 g/mol. The van der Waals surface area contributed by atoms with Crippen LogP contribution in [0, 0.1) is 0 Å². The number of fused-ring (bicyclic) bond motifs is 1. The Morgan fingerprint density at radius 1 is 1.29 bits per heavy atom. The maximum Gasteiger partial charge on any atom is 0.162 e. The molecule has 1 atom stereocenters. The van der Waals surface area contributed by atoms with Gasteiger partial charge < -0.3 is 14.6 Å². The third-order valence-electron chi connectivity index (χ3n) is 2.11. The highest BCUT2D eigenvalue weighted by atomic mass is 35.5. The minimum atomic E-state index is -0.599.